The molecule has 2 aliphatic rings. The summed E-state index contributed by atoms with van der Waals surface area (Å²) in [5, 5.41) is 3.77. The van der Waals surface area contributed by atoms with Crippen LogP contribution < -0.4 is 5.32 Å². The lowest BCUT2D eigenvalue weighted by Crippen LogP contribution is -2.49. The van der Waals surface area contributed by atoms with Gasteiger partial charge in [0.1, 0.15) is 11.7 Å². The number of carbonyl (C=O) groups is 2. The molecule has 2 aromatic heterocycles. The number of aromatic amines is 1. The van der Waals surface area contributed by atoms with Crippen LogP contribution >= 0.6 is 0 Å². The molecular weight excluding hydrogens is 316 g/mol. The van der Waals surface area contributed by atoms with Gasteiger partial charge in [-0.3, -0.25) is 14.6 Å². The lowest BCUT2D eigenvalue weighted by Gasteiger charge is -2.33. The first-order valence-corrected chi connectivity index (χ1v) is 9.01. The summed E-state index contributed by atoms with van der Waals surface area (Å²) in [5.41, 5.74) is 2.72. The van der Waals surface area contributed by atoms with Crippen molar-refractivity contribution >= 4 is 22.7 Å². The van der Waals surface area contributed by atoms with Gasteiger partial charge in [-0.1, -0.05) is 0 Å². The zero-order chi connectivity index (χ0) is 17.6. The maximum Gasteiger partial charge on any atom is 0.268 e. The van der Waals surface area contributed by atoms with Gasteiger partial charge in [0, 0.05) is 24.2 Å². The molecule has 25 heavy (non-hydrogen) atoms. The Morgan fingerprint density at radius 2 is 1.96 bits per heavy atom. The number of H-pyrrole nitrogens is 1. The first kappa shape index (κ1) is 16.1. The fourth-order valence-electron chi connectivity index (χ4n) is 3.75. The van der Waals surface area contributed by atoms with Crippen LogP contribution in [0.1, 0.15) is 48.8 Å². The number of nitrogens with one attached hydrogen (secondary N) is 2. The Bertz CT molecular complexity index is 827. The number of aromatic nitrogens is 2. The smallest absolute Gasteiger partial charge is 0.268 e. The van der Waals surface area contributed by atoms with E-state index in [0.717, 1.165) is 42.5 Å². The van der Waals surface area contributed by atoms with E-state index in [1.165, 1.54) is 12.8 Å². The van der Waals surface area contributed by atoms with E-state index in [1.54, 1.807) is 19.2 Å². The van der Waals surface area contributed by atoms with E-state index < -0.39 is 6.04 Å². The Balaban J connectivity index is 1.39. The summed E-state index contributed by atoms with van der Waals surface area (Å²) >= 11 is 0. The Hall–Kier alpha value is -2.37. The number of aryl methyl sites for hydroxylation is 1. The second-order valence-corrected chi connectivity index (χ2v) is 7.62. The number of carbonyl (C=O) groups excluding carboxylic acids is 2. The Morgan fingerprint density at radius 3 is 2.64 bits per heavy atom. The topological polar surface area (TPSA) is 78.1 Å². The molecule has 2 aromatic rings. The molecule has 1 aliphatic heterocycles. The molecule has 6 nitrogen and oxygen atoms in total. The molecule has 1 aliphatic carbocycles. The molecule has 0 bridgehead atoms. The first-order valence-electron chi connectivity index (χ1n) is 9.01. The quantitative estimate of drug-likeness (QED) is 0.900. The van der Waals surface area contributed by atoms with Crippen molar-refractivity contribution in [2.75, 3.05) is 13.1 Å². The Kier molecular flexibility index (Phi) is 3.78. The minimum atomic E-state index is -0.521. The van der Waals surface area contributed by atoms with Gasteiger partial charge in [-0.25, -0.2) is 0 Å². The monoisotopic (exact) mass is 340 g/mol. The second kappa shape index (κ2) is 5.86. The van der Waals surface area contributed by atoms with Crippen LogP contribution in [0.15, 0.2) is 18.3 Å². The summed E-state index contributed by atoms with van der Waals surface area (Å²) < 4.78 is 0. The van der Waals surface area contributed by atoms with Crippen molar-refractivity contribution in [3.05, 3.63) is 29.7 Å². The van der Waals surface area contributed by atoms with Crippen LogP contribution in [0, 0.1) is 12.3 Å². The average Bonchev–Trinajstić information content (AvgIpc) is 3.21. The molecule has 132 valence electrons. The summed E-state index contributed by atoms with van der Waals surface area (Å²) in [4.78, 5) is 34.3. The average molecular weight is 340 g/mol. The standard InChI is InChI=1S/C19H24N4O2/c1-12-9-14-10-15(22-16(14)11-20-12)17(24)21-13(2)18(25)23-7-5-19(3-4-19)6-8-23/h9-11,13,22H,3-8H2,1-2H3,(H,21,24)/t13-/m0/s1. The van der Waals surface area contributed by atoms with Crippen molar-refractivity contribution < 1.29 is 9.59 Å². The summed E-state index contributed by atoms with van der Waals surface area (Å²) in [6.45, 7) is 5.31. The molecule has 1 saturated heterocycles. The molecular formula is C19H24N4O2. The number of nitrogens with zero attached hydrogens (tertiary/aromatic N) is 2. The zero-order valence-corrected chi connectivity index (χ0v) is 14.8. The highest BCUT2D eigenvalue weighted by atomic mass is 16.2. The van der Waals surface area contributed by atoms with E-state index >= 15 is 0 Å². The summed E-state index contributed by atoms with van der Waals surface area (Å²) in [5.74, 6) is -0.247. The Morgan fingerprint density at radius 1 is 1.24 bits per heavy atom. The van der Waals surface area contributed by atoms with E-state index in [4.69, 9.17) is 0 Å². The highest BCUT2D eigenvalue weighted by Crippen LogP contribution is 2.53. The van der Waals surface area contributed by atoms with Crippen molar-refractivity contribution in [3.8, 4) is 0 Å². The number of likely N-dealkylation sites (tertiary alicyclic amines) is 1. The van der Waals surface area contributed by atoms with Crippen molar-refractivity contribution in [1.29, 1.82) is 0 Å². The van der Waals surface area contributed by atoms with Gasteiger partial charge in [0.2, 0.25) is 5.91 Å². The van der Waals surface area contributed by atoms with Crippen LogP contribution in [0.25, 0.3) is 10.9 Å². The lowest BCUT2D eigenvalue weighted by molar-refractivity contribution is -0.134. The molecule has 4 rings (SSSR count). The second-order valence-electron chi connectivity index (χ2n) is 7.62. The highest BCUT2D eigenvalue weighted by molar-refractivity contribution is 6.00. The van der Waals surface area contributed by atoms with Crippen LogP contribution in [0.5, 0.6) is 0 Å². The minimum Gasteiger partial charge on any atom is -0.349 e. The van der Waals surface area contributed by atoms with Crippen LogP contribution in [0.2, 0.25) is 0 Å². The number of piperidine rings is 1. The molecule has 2 N–H and O–H groups in total. The third-order valence-electron chi connectivity index (χ3n) is 5.70. The lowest BCUT2D eigenvalue weighted by atomic mass is 9.93. The Labute approximate surface area is 147 Å². The third-order valence-corrected chi connectivity index (χ3v) is 5.70. The number of pyridine rings is 1. The summed E-state index contributed by atoms with van der Waals surface area (Å²) in [6, 6.07) is 3.21. The minimum absolute atomic E-state index is 0.0115. The molecule has 0 unspecified atom stereocenters. The van der Waals surface area contributed by atoms with Crippen LogP contribution in [-0.4, -0.2) is 45.8 Å². The van der Waals surface area contributed by atoms with Crippen LogP contribution in [0.4, 0.5) is 0 Å². The van der Waals surface area contributed by atoms with Crippen molar-refractivity contribution in [1.82, 2.24) is 20.2 Å². The normalized spacial score (nSPS) is 19.8. The van der Waals surface area contributed by atoms with E-state index in [-0.39, 0.29) is 11.8 Å². The first-order chi connectivity index (χ1) is 12.0. The molecule has 1 atom stereocenters. The third kappa shape index (κ3) is 3.13. The predicted molar refractivity (Wildman–Crippen MR) is 95.2 cm³/mol. The molecule has 6 heteroatoms. The molecule has 3 heterocycles. The summed E-state index contributed by atoms with van der Waals surface area (Å²) in [6.07, 6.45) is 6.56. The van der Waals surface area contributed by atoms with E-state index in [0.29, 0.717) is 11.1 Å². The largest absolute Gasteiger partial charge is 0.349 e. The van der Waals surface area contributed by atoms with Gasteiger partial charge >= 0.3 is 0 Å². The van der Waals surface area contributed by atoms with Crippen molar-refractivity contribution in [2.24, 2.45) is 5.41 Å². The number of hydrogen-bond acceptors (Lipinski definition) is 3. The number of amides is 2. The fraction of sp³-hybridized carbons (Fsp3) is 0.526. The van der Waals surface area contributed by atoms with E-state index in [9.17, 15) is 9.59 Å². The van der Waals surface area contributed by atoms with E-state index in [2.05, 4.69) is 15.3 Å². The predicted octanol–water partition coefficient (Wildman–Crippen LogP) is 2.39. The number of hydrogen-bond donors (Lipinski definition) is 2. The van der Waals surface area contributed by atoms with Gasteiger partial charge in [0.15, 0.2) is 0 Å². The van der Waals surface area contributed by atoms with Gasteiger partial charge in [-0.15, -0.1) is 0 Å². The maximum atomic E-state index is 12.6. The van der Waals surface area contributed by atoms with Crippen molar-refractivity contribution in [3.63, 3.8) is 0 Å². The number of rotatable bonds is 3. The van der Waals surface area contributed by atoms with Crippen LogP contribution in [0.3, 0.4) is 0 Å². The highest BCUT2D eigenvalue weighted by Gasteiger charge is 2.45. The van der Waals surface area contributed by atoms with Gasteiger partial charge in [0.25, 0.3) is 5.91 Å². The van der Waals surface area contributed by atoms with Gasteiger partial charge in [0.05, 0.1) is 11.7 Å². The molecule has 2 amide bonds. The van der Waals surface area contributed by atoms with Crippen LogP contribution in [-0.2, 0) is 4.79 Å². The fourth-order valence-corrected chi connectivity index (χ4v) is 3.75. The van der Waals surface area contributed by atoms with Gasteiger partial charge in [-0.2, -0.15) is 0 Å². The molecule has 2 fully saturated rings. The van der Waals surface area contributed by atoms with Crippen molar-refractivity contribution in [2.45, 2.75) is 45.6 Å². The van der Waals surface area contributed by atoms with E-state index in [1.807, 2.05) is 17.9 Å². The van der Waals surface area contributed by atoms with Gasteiger partial charge in [-0.05, 0) is 57.1 Å². The zero-order valence-electron chi connectivity index (χ0n) is 14.8. The number of fused-ring (bicyclic) bond motifs is 1. The molecule has 0 aromatic carbocycles. The molecule has 0 radical (unpaired) electrons. The SMILES string of the molecule is Cc1cc2cc(C(=O)N[C@@H](C)C(=O)N3CCC4(CC3)CC4)[nH]c2cn1. The molecule has 1 saturated carbocycles. The summed E-state index contributed by atoms with van der Waals surface area (Å²) in [7, 11) is 0. The van der Waals surface area contributed by atoms with Gasteiger partial charge < -0.3 is 15.2 Å². The molecule has 1 spiro atoms. The maximum absolute atomic E-state index is 12.6.